The zero-order chi connectivity index (χ0) is 18.4. The van der Waals surface area contributed by atoms with Crippen LogP contribution in [0.4, 0.5) is 11.4 Å². The number of amides is 1. The summed E-state index contributed by atoms with van der Waals surface area (Å²) in [5, 5.41) is 13.8. The number of hydrogen-bond donors (Lipinski definition) is 1. The molecule has 1 aromatic carbocycles. The third-order valence-corrected chi connectivity index (χ3v) is 3.23. The molecule has 8 heteroatoms. The molecule has 1 aromatic rings. The number of nitrogens with zero attached hydrogens (tertiary/aromatic N) is 2. The molecule has 0 fully saturated rings. The number of rotatable bonds is 7. The first-order chi connectivity index (χ1) is 11.1. The second-order valence-corrected chi connectivity index (χ2v) is 6.04. The van der Waals surface area contributed by atoms with E-state index in [2.05, 4.69) is 5.32 Å². The van der Waals surface area contributed by atoms with Gasteiger partial charge in [0, 0.05) is 26.7 Å². The monoisotopic (exact) mass is 337 g/mol. The van der Waals surface area contributed by atoms with Crippen LogP contribution in [0.3, 0.4) is 0 Å². The molecule has 0 saturated heterocycles. The lowest BCUT2D eigenvalue weighted by Gasteiger charge is -2.16. The molecule has 132 valence electrons. The van der Waals surface area contributed by atoms with Crippen molar-refractivity contribution in [3.63, 3.8) is 0 Å². The number of carbonyl (C=O) groups excluding carboxylic acids is 2. The van der Waals surface area contributed by atoms with Crippen LogP contribution in [0.1, 0.15) is 31.1 Å². The van der Waals surface area contributed by atoms with Gasteiger partial charge < -0.3 is 15.0 Å². The third kappa shape index (κ3) is 5.22. The molecule has 24 heavy (non-hydrogen) atoms. The van der Waals surface area contributed by atoms with Crippen molar-refractivity contribution in [1.29, 1.82) is 0 Å². The van der Waals surface area contributed by atoms with Gasteiger partial charge >= 0.3 is 5.97 Å². The van der Waals surface area contributed by atoms with Crippen LogP contribution in [-0.4, -0.2) is 43.5 Å². The van der Waals surface area contributed by atoms with Crippen molar-refractivity contribution in [2.24, 2.45) is 5.92 Å². The highest BCUT2D eigenvalue weighted by Gasteiger charge is 2.22. The Morgan fingerprint density at radius 1 is 1.29 bits per heavy atom. The van der Waals surface area contributed by atoms with Gasteiger partial charge in [0.2, 0.25) is 0 Å². The fraction of sp³-hybridized carbons (Fsp3) is 0.500. The average molecular weight is 337 g/mol. The first kappa shape index (κ1) is 19.4. The topological polar surface area (TPSA) is 102 Å². The summed E-state index contributed by atoms with van der Waals surface area (Å²) in [5.41, 5.74) is 0.196. The highest BCUT2D eigenvalue weighted by molar-refractivity contribution is 5.93. The van der Waals surface area contributed by atoms with E-state index in [4.69, 9.17) is 4.74 Å². The Morgan fingerprint density at radius 2 is 1.92 bits per heavy atom. The van der Waals surface area contributed by atoms with Crippen LogP contribution in [0.15, 0.2) is 18.2 Å². The number of nitro groups is 1. The molecule has 0 aliphatic rings. The molecule has 0 radical (unpaired) electrons. The Morgan fingerprint density at radius 3 is 2.42 bits per heavy atom. The number of benzene rings is 1. The standard InChI is InChI=1S/C16H23N3O5/c1-10(2)9-17-15(20)11(3)24-16(21)12-6-7-13(18(4)5)14(8-12)19(22)23/h6-8,10-11H,9H2,1-5H3,(H,17,20)/t11-/m0/s1. The molecular formula is C16H23N3O5. The predicted molar refractivity (Wildman–Crippen MR) is 90.1 cm³/mol. The van der Waals surface area contributed by atoms with Crippen molar-refractivity contribution in [1.82, 2.24) is 5.32 Å². The third-order valence-electron chi connectivity index (χ3n) is 3.23. The molecule has 0 unspecified atom stereocenters. The number of esters is 1. The first-order valence-corrected chi connectivity index (χ1v) is 7.58. The second kappa shape index (κ2) is 8.28. The van der Waals surface area contributed by atoms with Gasteiger partial charge in [0.1, 0.15) is 5.69 Å². The minimum absolute atomic E-state index is 0.0239. The lowest BCUT2D eigenvalue weighted by Crippen LogP contribution is -2.37. The molecule has 1 atom stereocenters. The second-order valence-electron chi connectivity index (χ2n) is 6.04. The summed E-state index contributed by atoms with van der Waals surface area (Å²) in [6.07, 6.45) is -0.983. The lowest BCUT2D eigenvalue weighted by molar-refractivity contribution is -0.384. The number of anilines is 1. The summed E-state index contributed by atoms with van der Waals surface area (Å²) in [6.45, 7) is 5.82. The molecule has 0 aliphatic carbocycles. The van der Waals surface area contributed by atoms with Gasteiger partial charge in [0.15, 0.2) is 6.10 Å². The van der Waals surface area contributed by atoms with Gasteiger partial charge in [-0.05, 0) is 25.0 Å². The fourth-order valence-electron chi connectivity index (χ4n) is 1.91. The average Bonchev–Trinajstić information content (AvgIpc) is 2.51. The molecule has 0 spiro atoms. The maximum Gasteiger partial charge on any atom is 0.339 e. The minimum atomic E-state index is -0.983. The number of ether oxygens (including phenoxy) is 1. The van der Waals surface area contributed by atoms with Gasteiger partial charge in [-0.25, -0.2) is 4.79 Å². The van der Waals surface area contributed by atoms with E-state index in [9.17, 15) is 19.7 Å². The Hall–Kier alpha value is -2.64. The van der Waals surface area contributed by atoms with Crippen molar-refractivity contribution in [3.05, 3.63) is 33.9 Å². The maximum absolute atomic E-state index is 12.1. The zero-order valence-corrected chi connectivity index (χ0v) is 14.5. The van der Waals surface area contributed by atoms with Crippen molar-refractivity contribution in [2.45, 2.75) is 26.9 Å². The molecule has 0 heterocycles. The smallest absolute Gasteiger partial charge is 0.339 e. The zero-order valence-electron chi connectivity index (χ0n) is 14.5. The van der Waals surface area contributed by atoms with E-state index < -0.39 is 22.9 Å². The van der Waals surface area contributed by atoms with Crippen LogP contribution in [0.2, 0.25) is 0 Å². The van der Waals surface area contributed by atoms with Gasteiger partial charge in [-0.1, -0.05) is 13.8 Å². The molecule has 1 N–H and O–H groups in total. The quantitative estimate of drug-likeness (QED) is 0.464. The summed E-state index contributed by atoms with van der Waals surface area (Å²) in [4.78, 5) is 36.1. The highest BCUT2D eigenvalue weighted by atomic mass is 16.6. The summed E-state index contributed by atoms with van der Waals surface area (Å²) >= 11 is 0. The normalized spacial score (nSPS) is 11.8. The van der Waals surface area contributed by atoms with E-state index in [1.807, 2.05) is 13.8 Å². The van der Waals surface area contributed by atoms with Crippen LogP contribution in [0.25, 0.3) is 0 Å². The SMILES string of the molecule is CC(C)CNC(=O)[C@H](C)OC(=O)c1ccc(N(C)C)c([N+](=O)[O-])c1. The van der Waals surface area contributed by atoms with E-state index in [0.29, 0.717) is 12.2 Å². The van der Waals surface area contributed by atoms with Gasteiger partial charge in [0.05, 0.1) is 10.5 Å². The summed E-state index contributed by atoms with van der Waals surface area (Å²) < 4.78 is 5.08. The van der Waals surface area contributed by atoms with Crippen LogP contribution >= 0.6 is 0 Å². The summed E-state index contributed by atoms with van der Waals surface area (Å²) in [7, 11) is 3.34. The Labute approximate surface area is 140 Å². The van der Waals surface area contributed by atoms with Gasteiger partial charge in [-0.3, -0.25) is 14.9 Å². The van der Waals surface area contributed by atoms with Crippen molar-refractivity contribution >= 4 is 23.3 Å². The van der Waals surface area contributed by atoms with E-state index in [0.717, 1.165) is 6.07 Å². The van der Waals surface area contributed by atoms with Crippen molar-refractivity contribution in [3.8, 4) is 0 Å². The van der Waals surface area contributed by atoms with E-state index >= 15 is 0 Å². The van der Waals surface area contributed by atoms with Gasteiger partial charge in [-0.15, -0.1) is 0 Å². The Kier molecular flexibility index (Phi) is 6.69. The van der Waals surface area contributed by atoms with Crippen molar-refractivity contribution in [2.75, 3.05) is 25.5 Å². The maximum atomic E-state index is 12.1. The minimum Gasteiger partial charge on any atom is -0.449 e. The lowest BCUT2D eigenvalue weighted by atomic mass is 10.1. The molecule has 1 amide bonds. The van der Waals surface area contributed by atoms with Crippen LogP contribution in [0, 0.1) is 16.0 Å². The fourth-order valence-corrected chi connectivity index (χ4v) is 1.91. The Balaban J connectivity index is 2.86. The molecule has 8 nitrogen and oxygen atoms in total. The van der Waals surface area contributed by atoms with Crippen LogP contribution in [0.5, 0.6) is 0 Å². The van der Waals surface area contributed by atoms with Crippen LogP contribution in [-0.2, 0) is 9.53 Å². The summed E-state index contributed by atoms with van der Waals surface area (Å²) in [5.74, 6) is -0.912. The Bertz CT molecular complexity index is 628. The molecule has 0 bridgehead atoms. The largest absolute Gasteiger partial charge is 0.449 e. The molecular weight excluding hydrogens is 314 g/mol. The van der Waals surface area contributed by atoms with E-state index in [1.165, 1.54) is 19.1 Å². The first-order valence-electron chi connectivity index (χ1n) is 7.58. The van der Waals surface area contributed by atoms with E-state index in [1.54, 1.807) is 19.0 Å². The number of nitro benzene ring substituents is 1. The highest BCUT2D eigenvalue weighted by Crippen LogP contribution is 2.28. The molecule has 0 aliphatic heterocycles. The summed E-state index contributed by atoms with van der Waals surface area (Å²) in [6, 6.07) is 4.05. The van der Waals surface area contributed by atoms with Crippen molar-refractivity contribution < 1.29 is 19.2 Å². The van der Waals surface area contributed by atoms with E-state index in [-0.39, 0.29) is 17.2 Å². The predicted octanol–water partition coefficient (Wildman–Crippen LogP) is 1.98. The van der Waals surface area contributed by atoms with Crippen LogP contribution < -0.4 is 10.2 Å². The van der Waals surface area contributed by atoms with Gasteiger partial charge in [-0.2, -0.15) is 0 Å². The molecule has 0 saturated carbocycles. The molecule has 0 aromatic heterocycles. The number of carbonyl (C=O) groups is 2. The van der Waals surface area contributed by atoms with Gasteiger partial charge in [0.25, 0.3) is 11.6 Å². The number of hydrogen-bond acceptors (Lipinski definition) is 6. The molecule has 1 rings (SSSR count). The number of nitrogens with one attached hydrogen (secondary N) is 1.